The van der Waals surface area contributed by atoms with E-state index in [9.17, 15) is 9.59 Å². The maximum Gasteiger partial charge on any atom is 0.237 e. The van der Waals surface area contributed by atoms with Gasteiger partial charge in [0.25, 0.3) is 0 Å². The third-order valence-electron chi connectivity index (χ3n) is 4.56. The predicted molar refractivity (Wildman–Crippen MR) is 81.6 cm³/mol. The second kappa shape index (κ2) is 7.75. The molecular weight excluding hydrogens is 268 g/mol. The normalized spacial score (nSPS) is 28.2. The van der Waals surface area contributed by atoms with Crippen LogP contribution in [0.4, 0.5) is 0 Å². The topological polar surface area (TPSA) is 87.5 Å². The van der Waals surface area contributed by atoms with Crippen molar-refractivity contribution in [2.24, 2.45) is 17.6 Å². The molecule has 120 valence electrons. The SMILES string of the molecule is CC(CN1CCCC(CNC(=O)C2CCCN2)C1)C(N)=O. The second-order valence-corrected chi connectivity index (χ2v) is 6.47. The van der Waals surface area contributed by atoms with E-state index in [0.29, 0.717) is 5.92 Å². The number of piperidine rings is 1. The van der Waals surface area contributed by atoms with E-state index < -0.39 is 0 Å². The fourth-order valence-electron chi connectivity index (χ4n) is 3.24. The molecule has 0 aliphatic carbocycles. The molecule has 2 aliphatic rings. The van der Waals surface area contributed by atoms with Crippen LogP contribution in [-0.4, -0.2) is 55.5 Å². The van der Waals surface area contributed by atoms with E-state index in [-0.39, 0.29) is 23.8 Å². The highest BCUT2D eigenvalue weighted by molar-refractivity contribution is 5.82. The number of hydrogen-bond acceptors (Lipinski definition) is 4. The molecule has 0 aromatic carbocycles. The molecular formula is C15H28N4O2. The molecule has 2 heterocycles. The summed E-state index contributed by atoms with van der Waals surface area (Å²) in [4.78, 5) is 25.4. The van der Waals surface area contributed by atoms with Crippen LogP contribution in [0.25, 0.3) is 0 Å². The highest BCUT2D eigenvalue weighted by Crippen LogP contribution is 2.17. The van der Waals surface area contributed by atoms with Gasteiger partial charge in [-0.3, -0.25) is 9.59 Å². The van der Waals surface area contributed by atoms with Gasteiger partial charge in [0.05, 0.1) is 6.04 Å². The van der Waals surface area contributed by atoms with E-state index in [1.807, 2.05) is 6.92 Å². The maximum absolute atomic E-state index is 12.0. The van der Waals surface area contributed by atoms with Gasteiger partial charge in [0.2, 0.25) is 11.8 Å². The first kappa shape index (κ1) is 16.2. The Kier molecular flexibility index (Phi) is 5.99. The number of amides is 2. The molecule has 0 aromatic rings. The minimum Gasteiger partial charge on any atom is -0.369 e. The number of rotatable bonds is 6. The first-order valence-corrected chi connectivity index (χ1v) is 8.09. The summed E-state index contributed by atoms with van der Waals surface area (Å²) in [5.74, 6) is 0.262. The molecule has 4 N–H and O–H groups in total. The average Bonchev–Trinajstić information content (AvgIpc) is 2.99. The fourth-order valence-corrected chi connectivity index (χ4v) is 3.24. The monoisotopic (exact) mass is 296 g/mol. The van der Waals surface area contributed by atoms with Crippen molar-refractivity contribution < 1.29 is 9.59 Å². The van der Waals surface area contributed by atoms with Crippen molar-refractivity contribution in [2.75, 3.05) is 32.7 Å². The molecule has 6 nitrogen and oxygen atoms in total. The minimum absolute atomic E-state index is 0.000391. The summed E-state index contributed by atoms with van der Waals surface area (Å²) in [5, 5.41) is 6.29. The molecule has 0 bridgehead atoms. The van der Waals surface area contributed by atoms with E-state index in [2.05, 4.69) is 15.5 Å². The van der Waals surface area contributed by atoms with Crippen LogP contribution in [0, 0.1) is 11.8 Å². The van der Waals surface area contributed by atoms with E-state index in [0.717, 1.165) is 58.4 Å². The Morgan fingerprint density at radius 1 is 1.38 bits per heavy atom. The first-order chi connectivity index (χ1) is 10.1. The number of likely N-dealkylation sites (tertiary alicyclic amines) is 1. The molecule has 2 rings (SSSR count). The van der Waals surface area contributed by atoms with Crippen molar-refractivity contribution in [3.05, 3.63) is 0 Å². The number of carbonyl (C=O) groups is 2. The summed E-state index contributed by atoms with van der Waals surface area (Å²) in [6.07, 6.45) is 4.28. The predicted octanol–water partition coefficient (Wildman–Crippen LogP) is -0.312. The van der Waals surface area contributed by atoms with E-state index >= 15 is 0 Å². The second-order valence-electron chi connectivity index (χ2n) is 6.47. The van der Waals surface area contributed by atoms with Gasteiger partial charge in [-0.05, 0) is 44.7 Å². The van der Waals surface area contributed by atoms with Crippen LogP contribution < -0.4 is 16.4 Å². The Morgan fingerprint density at radius 3 is 2.86 bits per heavy atom. The molecule has 2 aliphatic heterocycles. The highest BCUT2D eigenvalue weighted by Gasteiger charge is 2.25. The molecule has 0 aromatic heterocycles. The fraction of sp³-hybridized carbons (Fsp3) is 0.867. The standard InChI is InChI=1S/C15H28N4O2/c1-11(14(16)20)9-19-7-3-4-12(10-19)8-18-15(21)13-5-2-6-17-13/h11-13,17H,2-10H2,1H3,(H2,16,20)(H,18,21). The van der Waals surface area contributed by atoms with Gasteiger partial charge >= 0.3 is 0 Å². The number of nitrogens with zero attached hydrogens (tertiary/aromatic N) is 1. The molecule has 0 radical (unpaired) electrons. The number of hydrogen-bond donors (Lipinski definition) is 3. The third kappa shape index (κ3) is 4.97. The van der Waals surface area contributed by atoms with Crippen LogP contribution in [0.3, 0.4) is 0 Å². The molecule has 2 amide bonds. The van der Waals surface area contributed by atoms with Crippen molar-refractivity contribution in [3.63, 3.8) is 0 Å². The number of primary amides is 1. The van der Waals surface area contributed by atoms with Crippen molar-refractivity contribution in [1.29, 1.82) is 0 Å². The van der Waals surface area contributed by atoms with Crippen molar-refractivity contribution in [2.45, 2.75) is 38.6 Å². The summed E-state index contributed by atoms with van der Waals surface area (Å²) in [7, 11) is 0. The smallest absolute Gasteiger partial charge is 0.237 e. The quantitative estimate of drug-likeness (QED) is 0.627. The van der Waals surface area contributed by atoms with Gasteiger partial charge in [-0.2, -0.15) is 0 Å². The minimum atomic E-state index is -0.238. The lowest BCUT2D eigenvalue weighted by Crippen LogP contribution is -2.46. The summed E-state index contributed by atoms with van der Waals surface area (Å²) < 4.78 is 0. The van der Waals surface area contributed by atoms with Crippen LogP contribution in [0.1, 0.15) is 32.6 Å². The Labute approximate surface area is 126 Å². The van der Waals surface area contributed by atoms with Crippen LogP contribution in [0.5, 0.6) is 0 Å². The molecule has 3 atom stereocenters. The van der Waals surface area contributed by atoms with Crippen molar-refractivity contribution >= 4 is 11.8 Å². The van der Waals surface area contributed by atoms with Crippen LogP contribution in [0.2, 0.25) is 0 Å². The molecule has 6 heteroatoms. The van der Waals surface area contributed by atoms with Gasteiger partial charge in [-0.25, -0.2) is 0 Å². The van der Waals surface area contributed by atoms with Crippen molar-refractivity contribution in [1.82, 2.24) is 15.5 Å². The summed E-state index contributed by atoms with van der Waals surface area (Å²) in [5.41, 5.74) is 5.33. The lowest BCUT2D eigenvalue weighted by Gasteiger charge is -2.34. The van der Waals surface area contributed by atoms with Gasteiger partial charge in [-0.15, -0.1) is 0 Å². The zero-order valence-corrected chi connectivity index (χ0v) is 12.9. The summed E-state index contributed by atoms with van der Waals surface area (Å²) in [6.45, 7) is 6.24. The lowest BCUT2D eigenvalue weighted by atomic mass is 9.96. The average molecular weight is 296 g/mol. The van der Waals surface area contributed by atoms with Gasteiger partial charge in [0.15, 0.2) is 0 Å². The van der Waals surface area contributed by atoms with Crippen LogP contribution in [-0.2, 0) is 9.59 Å². The molecule has 0 spiro atoms. The number of nitrogens with two attached hydrogens (primary N) is 1. The number of carbonyl (C=O) groups excluding carboxylic acids is 2. The Morgan fingerprint density at radius 2 is 2.19 bits per heavy atom. The van der Waals surface area contributed by atoms with Gasteiger partial charge in [0.1, 0.15) is 0 Å². The lowest BCUT2D eigenvalue weighted by molar-refractivity contribution is -0.123. The van der Waals surface area contributed by atoms with Gasteiger partial charge in [0, 0.05) is 25.6 Å². The Bertz CT molecular complexity index is 369. The summed E-state index contributed by atoms with van der Waals surface area (Å²) in [6, 6.07) is -0.000391. The molecule has 21 heavy (non-hydrogen) atoms. The van der Waals surface area contributed by atoms with Crippen LogP contribution >= 0.6 is 0 Å². The third-order valence-corrected chi connectivity index (χ3v) is 4.56. The zero-order valence-electron chi connectivity index (χ0n) is 12.9. The van der Waals surface area contributed by atoms with E-state index in [1.165, 1.54) is 0 Å². The van der Waals surface area contributed by atoms with Crippen LogP contribution in [0.15, 0.2) is 0 Å². The van der Waals surface area contributed by atoms with E-state index in [4.69, 9.17) is 5.73 Å². The molecule has 2 saturated heterocycles. The van der Waals surface area contributed by atoms with Gasteiger partial charge in [-0.1, -0.05) is 6.92 Å². The van der Waals surface area contributed by atoms with Gasteiger partial charge < -0.3 is 21.3 Å². The number of nitrogens with one attached hydrogen (secondary N) is 2. The molecule has 2 fully saturated rings. The molecule has 3 unspecified atom stereocenters. The Hall–Kier alpha value is -1.14. The first-order valence-electron chi connectivity index (χ1n) is 8.09. The molecule has 0 saturated carbocycles. The van der Waals surface area contributed by atoms with E-state index in [1.54, 1.807) is 0 Å². The summed E-state index contributed by atoms with van der Waals surface area (Å²) >= 11 is 0. The maximum atomic E-state index is 12.0. The zero-order chi connectivity index (χ0) is 15.2. The highest BCUT2D eigenvalue weighted by atomic mass is 16.2. The van der Waals surface area contributed by atoms with Crippen molar-refractivity contribution in [3.8, 4) is 0 Å². The largest absolute Gasteiger partial charge is 0.369 e. The Balaban J connectivity index is 1.71.